The molecule has 9 nitrogen and oxygen atoms in total. The number of fused-ring (bicyclic) bond motifs is 1. The average molecular weight is 528 g/mol. The van der Waals surface area contributed by atoms with Crippen molar-refractivity contribution >= 4 is 34.8 Å². The van der Waals surface area contributed by atoms with Crippen LogP contribution in [0.15, 0.2) is 72.1 Å². The molecule has 1 aliphatic rings. The van der Waals surface area contributed by atoms with Gasteiger partial charge in [-0.05, 0) is 34.4 Å². The second-order valence-corrected chi connectivity index (χ2v) is 9.66. The van der Waals surface area contributed by atoms with E-state index in [1.165, 1.54) is 11.3 Å². The molecule has 0 spiro atoms. The number of carbonyl (C=O) groups is 3. The lowest BCUT2D eigenvalue weighted by Crippen LogP contribution is -2.42. The molecule has 0 fully saturated rings. The zero-order valence-electron chi connectivity index (χ0n) is 20.5. The van der Waals surface area contributed by atoms with Crippen LogP contribution in [0.1, 0.15) is 27.5 Å². The van der Waals surface area contributed by atoms with E-state index >= 15 is 0 Å². The largest absolute Gasteiger partial charge is 0.497 e. The van der Waals surface area contributed by atoms with Gasteiger partial charge in [-0.25, -0.2) is 9.78 Å². The van der Waals surface area contributed by atoms with Crippen LogP contribution in [0.4, 0.5) is 9.93 Å². The molecular formula is C28H25N5O4S. The van der Waals surface area contributed by atoms with Crippen molar-refractivity contribution in [1.29, 1.82) is 0 Å². The molecule has 1 aromatic heterocycles. The number of methoxy groups -OCH3 is 1. The summed E-state index contributed by atoms with van der Waals surface area (Å²) < 4.78 is 5.25. The van der Waals surface area contributed by atoms with Gasteiger partial charge in [0, 0.05) is 29.6 Å². The third-order valence-corrected chi connectivity index (χ3v) is 7.12. The van der Waals surface area contributed by atoms with Gasteiger partial charge < -0.3 is 20.7 Å². The van der Waals surface area contributed by atoms with E-state index in [0.29, 0.717) is 29.4 Å². The molecule has 0 unspecified atom stereocenters. The molecule has 0 aliphatic carbocycles. The Morgan fingerprint density at radius 2 is 1.79 bits per heavy atom. The van der Waals surface area contributed by atoms with E-state index in [1.54, 1.807) is 18.1 Å². The highest BCUT2D eigenvalue weighted by molar-refractivity contribution is 7.13. The molecule has 2 heterocycles. The van der Waals surface area contributed by atoms with Gasteiger partial charge in [0.15, 0.2) is 5.13 Å². The first-order chi connectivity index (χ1) is 18.4. The zero-order chi connectivity index (χ0) is 26.6. The number of rotatable bonds is 8. The van der Waals surface area contributed by atoms with Crippen molar-refractivity contribution in [1.82, 2.24) is 20.5 Å². The summed E-state index contributed by atoms with van der Waals surface area (Å²) in [6, 6.07) is 20.0. The maximum atomic E-state index is 13.1. The summed E-state index contributed by atoms with van der Waals surface area (Å²) in [4.78, 5) is 42.1. The number of thiazole rings is 1. The molecule has 4 N–H and O–H groups in total. The lowest BCUT2D eigenvalue weighted by molar-refractivity contribution is -0.108. The minimum Gasteiger partial charge on any atom is -0.497 e. The Balaban J connectivity index is 1.35. The first kappa shape index (κ1) is 25.0. The average Bonchev–Trinajstić information content (AvgIpc) is 3.51. The van der Waals surface area contributed by atoms with Crippen molar-refractivity contribution in [3.8, 4) is 28.1 Å². The molecule has 0 radical (unpaired) electrons. The van der Waals surface area contributed by atoms with Crippen molar-refractivity contribution in [2.45, 2.75) is 12.6 Å². The number of nitrogens with zero attached hydrogens (tertiary/aromatic N) is 2. The van der Waals surface area contributed by atoms with Gasteiger partial charge in [0.05, 0.1) is 18.8 Å². The van der Waals surface area contributed by atoms with Crippen LogP contribution in [0.3, 0.4) is 0 Å². The van der Waals surface area contributed by atoms with Gasteiger partial charge in [-0.3, -0.25) is 14.9 Å². The number of amides is 4. The zero-order valence-corrected chi connectivity index (χ0v) is 21.3. The van der Waals surface area contributed by atoms with Gasteiger partial charge in [-0.1, -0.05) is 54.6 Å². The number of aromatic nitrogens is 1. The van der Waals surface area contributed by atoms with Crippen LogP contribution in [0.5, 0.6) is 5.75 Å². The number of ether oxygens (including phenoxy) is 1. The van der Waals surface area contributed by atoms with Crippen LogP contribution in [0, 0.1) is 0 Å². The first-order valence-corrected chi connectivity index (χ1v) is 12.7. The highest BCUT2D eigenvalue weighted by Gasteiger charge is 2.30. The summed E-state index contributed by atoms with van der Waals surface area (Å²) in [5.74, 6) is 0.471. The topological polar surface area (TPSA) is 127 Å². The second-order valence-electron chi connectivity index (χ2n) is 8.77. The molecule has 0 bridgehead atoms. The van der Waals surface area contributed by atoms with Gasteiger partial charge in [-0.2, -0.15) is 0 Å². The highest BCUT2D eigenvalue weighted by atomic mass is 32.1. The standard InChI is InChI=1S/C28H25N5O4S/c1-37-22-11-10-21-13-33(26(35)23(21)12-22)14-24(32-28(36)30-16-34)19-6-2-17(3-7-19)18-4-8-20(9-5-18)25-15-38-27(29)31-25/h2-12,15-16,24H,13-14H2,1H3,(H2,29,31)(H2,30,32,34,36)/t24-/m0/s1. The fourth-order valence-corrected chi connectivity index (χ4v) is 5.06. The van der Waals surface area contributed by atoms with Crippen molar-refractivity contribution < 1.29 is 19.1 Å². The van der Waals surface area contributed by atoms with Crippen molar-refractivity contribution in [2.75, 3.05) is 19.4 Å². The number of nitrogens with two attached hydrogens (primary N) is 1. The van der Waals surface area contributed by atoms with E-state index < -0.39 is 12.1 Å². The number of benzene rings is 3. The molecule has 4 amide bonds. The van der Waals surface area contributed by atoms with Gasteiger partial charge in [-0.15, -0.1) is 11.3 Å². The Morgan fingerprint density at radius 1 is 1.11 bits per heavy atom. The molecule has 5 rings (SSSR count). The number of imide groups is 1. The van der Waals surface area contributed by atoms with Gasteiger partial charge in [0.25, 0.3) is 5.91 Å². The molecule has 1 atom stereocenters. The summed E-state index contributed by atoms with van der Waals surface area (Å²) in [6.07, 6.45) is 0.322. The number of hydrogen-bond donors (Lipinski definition) is 3. The normalized spacial score (nSPS) is 13.1. The molecule has 38 heavy (non-hydrogen) atoms. The van der Waals surface area contributed by atoms with E-state index in [-0.39, 0.29) is 12.5 Å². The maximum absolute atomic E-state index is 13.1. The summed E-state index contributed by atoms with van der Waals surface area (Å²) in [7, 11) is 1.56. The van der Waals surface area contributed by atoms with E-state index in [1.807, 2.05) is 66.0 Å². The van der Waals surface area contributed by atoms with Crippen molar-refractivity contribution in [3.63, 3.8) is 0 Å². The predicted molar refractivity (Wildman–Crippen MR) is 146 cm³/mol. The monoisotopic (exact) mass is 527 g/mol. The Hall–Kier alpha value is -4.70. The number of nitrogens with one attached hydrogen (secondary N) is 2. The second kappa shape index (κ2) is 10.7. The third kappa shape index (κ3) is 5.21. The third-order valence-electron chi connectivity index (χ3n) is 6.44. The van der Waals surface area contributed by atoms with Gasteiger partial charge >= 0.3 is 6.03 Å². The van der Waals surface area contributed by atoms with E-state index in [4.69, 9.17) is 10.5 Å². The lowest BCUT2D eigenvalue weighted by atomic mass is 9.99. The Kier molecular flexibility index (Phi) is 7.05. The molecule has 0 saturated carbocycles. The van der Waals surface area contributed by atoms with Gasteiger partial charge in [0.2, 0.25) is 6.41 Å². The van der Waals surface area contributed by atoms with Crippen LogP contribution in [0.2, 0.25) is 0 Å². The fourth-order valence-electron chi connectivity index (χ4n) is 4.48. The number of nitrogen functional groups attached to an aromatic ring is 1. The predicted octanol–water partition coefficient (Wildman–Crippen LogP) is 4.22. The molecule has 10 heteroatoms. The van der Waals surface area contributed by atoms with Crippen LogP contribution in [-0.4, -0.2) is 41.9 Å². The maximum Gasteiger partial charge on any atom is 0.321 e. The van der Waals surface area contributed by atoms with E-state index in [0.717, 1.165) is 33.5 Å². The molecule has 0 saturated heterocycles. The lowest BCUT2D eigenvalue weighted by Gasteiger charge is -2.25. The minimum atomic E-state index is -0.641. The summed E-state index contributed by atoms with van der Waals surface area (Å²) in [5.41, 5.74) is 11.9. The van der Waals surface area contributed by atoms with E-state index in [2.05, 4.69) is 15.6 Å². The minimum absolute atomic E-state index is 0.139. The Labute approximate surface area is 223 Å². The van der Waals surface area contributed by atoms with E-state index in [9.17, 15) is 14.4 Å². The smallest absolute Gasteiger partial charge is 0.321 e. The molecule has 3 aromatic carbocycles. The highest BCUT2D eigenvalue weighted by Crippen LogP contribution is 2.30. The Morgan fingerprint density at radius 3 is 2.42 bits per heavy atom. The quantitative estimate of drug-likeness (QED) is 0.295. The summed E-state index contributed by atoms with van der Waals surface area (Å²) >= 11 is 1.40. The van der Waals surface area contributed by atoms with Crippen LogP contribution in [-0.2, 0) is 11.3 Å². The Bertz CT molecular complexity index is 1480. The molecular weight excluding hydrogens is 502 g/mol. The molecule has 192 valence electrons. The van der Waals surface area contributed by atoms with Gasteiger partial charge in [0.1, 0.15) is 5.75 Å². The van der Waals surface area contributed by atoms with Crippen LogP contribution >= 0.6 is 11.3 Å². The fraction of sp³-hybridized carbons (Fsp3) is 0.143. The van der Waals surface area contributed by atoms with Crippen molar-refractivity contribution in [2.24, 2.45) is 0 Å². The summed E-state index contributed by atoms with van der Waals surface area (Å²) in [5, 5.41) is 7.37. The van der Waals surface area contributed by atoms with Crippen LogP contribution in [0.25, 0.3) is 22.4 Å². The number of anilines is 1. The number of carbonyl (C=O) groups excluding carboxylic acids is 3. The number of hydrogen-bond acceptors (Lipinski definition) is 7. The summed E-state index contributed by atoms with van der Waals surface area (Å²) in [6.45, 7) is 0.646. The first-order valence-electron chi connectivity index (χ1n) is 11.8. The van der Waals surface area contributed by atoms with Crippen LogP contribution < -0.4 is 21.1 Å². The number of urea groups is 1. The molecule has 4 aromatic rings. The SMILES string of the molecule is COc1ccc2c(c1)C(=O)N(C[C@H](NC(=O)NC=O)c1ccc(-c3ccc(-c4csc(N)n4)cc3)cc1)C2. The van der Waals surface area contributed by atoms with Crippen molar-refractivity contribution in [3.05, 3.63) is 88.8 Å². The molecule has 1 aliphatic heterocycles.